The number of carbonyl (C=O) groups excluding carboxylic acids is 2. The molecule has 3 atom stereocenters. The van der Waals surface area contributed by atoms with Crippen molar-refractivity contribution in [1.29, 1.82) is 0 Å². The Balaban J connectivity index is 1.44. The van der Waals surface area contributed by atoms with Crippen molar-refractivity contribution in [2.75, 3.05) is 19.0 Å². The molecule has 13 heteroatoms. The molecular weight excluding hydrogens is 588 g/mol. The molecule has 2 N–H and O–H groups in total. The minimum atomic E-state index is -0.717. The summed E-state index contributed by atoms with van der Waals surface area (Å²) >= 11 is 11.9. The van der Waals surface area contributed by atoms with Crippen LogP contribution in [0.25, 0.3) is 10.9 Å². The van der Waals surface area contributed by atoms with Gasteiger partial charge in [0.1, 0.15) is 23.9 Å². The van der Waals surface area contributed by atoms with Gasteiger partial charge in [-0.1, -0.05) is 23.2 Å². The maximum Gasteiger partial charge on any atom is 0.410 e. The summed E-state index contributed by atoms with van der Waals surface area (Å²) in [5, 5.41) is 5.91. The van der Waals surface area contributed by atoms with Crippen molar-refractivity contribution in [3.05, 3.63) is 46.5 Å². The van der Waals surface area contributed by atoms with E-state index in [4.69, 9.17) is 37.4 Å². The molecule has 3 aromatic rings. The van der Waals surface area contributed by atoms with Crippen LogP contribution in [0.1, 0.15) is 46.5 Å². The van der Waals surface area contributed by atoms with Crippen molar-refractivity contribution in [2.24, 2.45) is 0 Å². The van der Waals surface area contributed by atoms with Crippen molar-refractivity contribution >= 4 is 57.6 Å². The molecule has 2 fully saturated rings. The topological polar surface area (TPSA) is 115 Å². The molecule has 0 aliphatic carbocycles. The average molecular weight is 621 g/mol. The molecule has 1 aromatic heterocycles. The summed E-state index contributed by atoms with van der Waals surface area (Å²) in [4.78, 5) is 35.4. The van der Waals surface area contributed by atoms with Gasteiger partial charge in [0, 0.05) is 43.4 Å². The van der Waals surface area contributed by atoms with Crippen LogP contribution in [0.4, 0.5) is 20.7 Å². The van der Waals surface area contributed by atoms with E-state index in [2.05, 4.69) is 20.6 Å². The maximum atomic E-state index is 14.8. The lowest BCUT2D eigenvalue weighted by atomic mass is 10.00. The number of hydrogen-bond donors (Lipinski definition) is 2. The van der Waals surface area contributed by atoms with Gasteiger partial charge in [-0.3, -0.25) is 4.79 Å². The van der Waals surface area contributed by atoms with Crippen molar-refractivity contribution in [1.82, 2.24) is 20.2 Å². The van der Waals surface area contributed by atoms with Gasteiger partial charge in [0.2, 0.25) is 0 Å². The summed E-state index contributed by atoms with van der Waals surface area (Å²) in [6.07, 6.45) is 3.72. The second-order valence-electron chi connectivity index (χ2n) is 11.3. The van der Waals surface area contributed by atoms with Crippen molar-refractivity contribution in [3.63, 3.8) is 0 Å². The monoisotopic (exact) mass is 619 g/mol. The molecule has 2 amide bonds. The Bertz CT molecular complexity index is 1500. The summed E-state index contributed by atoms with van der Waals surface area (Å²) in [5.74, 6) is -0.0396. The number of aromatic nitrogens is 2. The smallest absolute Gasteiger partial charge is 0.410 e. The van der Waals surface area contributed by atoms with Gasteiger partial charge in [0.05, 0.1) is 21.2 Å². The van der Waals surface area contributed by atoms with E-state index in [-0.39, 0.29) is 52.5 Å². The number of carbonyl (C=O) groups is 2. The van der Waals surface area contributed by atoms with Gasteiger partial charge in [0.25, 0.3) is 5.91 Å². The molecule has 2 saturated heterocycles. The van der Waals surface area contributed by atoms with Crippen LogP contribution in [0.5, 0.6) is 11.5 Å². The molecule has 0 spiro atoms. The zero-order valence-corrected chi connectivity index (χ0v) is 25.2. The number of likely N-dealkylation sites (N-methyl/N-ethyl adjacent to an activating group) is 1. The average Bonchev–Trinajstić information content (AvgIpc) is 3.21. The van der Waals surface area contributed by atoms with Gasteiger partial charge in [-0.25, -0.2) is 19.2 Å². The fourth-order valence-corrected chi connectivity index (χ4v) is 5.66. The van der Waals surface area contributed by atoms with Gasteiger partial charge in [-0.15, -0.1) is 0 Å². The van der Waals surface area contributed by atoms with Crippen LogP contribution in [-0.2, 0) is 9.53 Å². The Kier molecular flexibility index (Phi) is 8.52. The first-order valence-electron chi connectivity index (χ1n) is 13.6. The molecule has 2 bridgehead atoms. The molecule has 10 nitrogen and oxygen atoms in total. The van der Waals surface area contributed by atoms with Crippen LogP contribution in [0.2, 0.25) is 10.0 Å². The SMILES string of the molecule is CNC(=O)COc1cc2ncnc(Nc3ccc(Cl)c(Cl)c3F)c2cc1O[C@@H]1C[C@H]2CC[C@@H](C1)N2C(=O)OC(C)(C)C. The number of fused-ring (bicyclic) bond motifs is 3. The van der Waals surface area contributed by atoms with Crippen molar-refractivity contribution < 1.29 is 28.2 Å². The van der Waals surface area contributed by atoms with E-state index in [1.807, 2.05) is 25.7 Å². The van der Waals surface area contributed by atoms with Crippen LogP contribution in [0, 0.1) is 5.82 Å². The number of nitrogens with zero attached hydrogens (tertiary/aromatic N) is 3. The highest BCUT2D eigenvalue weighted by atomic mass is 35.5. The van der Waals surface area contributed by atoms with Gasteiger partial charge >= 0.3 is 6.09 Å². The third kappa shape index (κ3) is 6.42. The number of nitrogens with one attached hydrogen (secondary N) is 2. The van der Waals surface area contributed by atoms with Gasteiger partial charge in [-0.05, 0) is 51.8 Å². The van der Waals surface area contributed by atoms with E-state index in [1.54, 1.807) is 12.1 Å². The normalized spacial score (nSPS) is 19.9. The summed E-state index contributed by atoms with van der Waals surface area (Å²) in [5.41, 5.74) is -0.0231. The number of piperidine rings is 1. The highest BCUT2D eigenvalue weighted by Crippen LogP contribution is 2.42. The standard InChI is InChI=1S/C29H32Cl2FN5O5/c1-29(2,3)42-28(39)37-15-5-6-16(37)10-17(9-15)41-23-11-18-21(12-22(23)40-13-24(38)33-4)34-14-35-27(18)36-20-8-7-19(30)25(31)26(20)32/h7-8,11-12,14-17H,5-6,9-10,13H2,1-4H3,(H,33,38)(H,34,35,36)/t15-,16+,17-. The summed E-state index contributed by atoms with van der Waals surface area (Å²) in [6.45, 7) is 5.33. The lowest BCUT2D eigenvalue weighted by molar-refractivity contribution is -0.122. The van der Waals surface area contributed by atoms with E-state index in [1.165, 1.54) is 25.5 Å². The van der Waals surface area contributed by atoms with E-state index < -0.39 is 11.4 Å². The molecule has 224 valence electrons. The van der Waals surface area contributed by atoms with Gasteiger partial charge < -0.3 is 29.7 Å². The summed E-state index contributed by atoms with van der Waals surface area (Å²) in [7, 11) is 1.52. The van der Waals surface area contributed by atoms with E-state index >= 15 is 0 Å². The van der Waals surface area contributed by atoms with E-state index in [9.17, 15) is 14.0 Å². The van der Waals surface area contributed by atoms with Crippen LogP contribution >= 0.6 is 23.2 Å². The zero-order chi connectivity index (χ0) is 30.2. The Morgan fingerprint density at radius 2 is 1.81 bits per heavy atom. The van der Waals surface area contributed by atoms with Crippen LogP contribution in [0.3, 0.4) is 0 Å². The predicted octanol–water partition coefficient (Wildman–Crippen LogP) is 6.25. The molecule has 0 radical (unpaired) electrons. The number of rotatable bonds is 7. The first-order chi connectivity index (χ1) is 19.9. The fraction of sp³-hybridized carbons (Fsp3) is 0.448. The number of hydrogen-bond acceptors (Lipinski definition) is 8. The Morgan fingerprint density at radius 1 is 1.10 bits per heavy atom. The van der Waals surface area contributed by atoms with Crippen molar-refractivity contribution in [3.8, 4) is 11.5 Å². The summed E-state index contributed by atoms with van der Waals surface area (Å²) in [6, 6.07) is 6.26. The molecule has 0 saturated carbocycles. The largest absolute Gasteiger partial charge is 0.486 e. The minimum absolute atomic E-state index is 0.0162. The Labute approximate surface area is 252 Å². The molecule has 2 aliphatic rings. The third-order valence-electron chi connectivity index (χ3n) is 7.21. The first-order valence-corrected chi connectivity index (χ1v) is 14.4. The molecule has 0 unspecified atom stereocenters. The molecule has 5 rings (SSSR count). The van der Waals surface area contributed by atoms with E-state index in [0.717, 1.165) is 12.8 Å². The van der Waals surface area contributed by atoms with Crippen molar-refractivity contribution in [2.45, 2.75) is 70.2 Å². The summed E-state index contributed by atoms with van der Waals surface area (Å²) < 4.78 is 32.8. The third-order valence-corrected chi connectivity index (χ3v) is 8.00. The number of anilines is 2. The van der Waals surface area contributed by atoms with Gasteiger partial charge in [0.15, 0.2) is 23.9 Å². The highest BCUT2D eigenvalue weighted by molar-refractivity contribution is 6.42. The Morgan fingerprint density at radius 3 is 2.48 bits per heavy atom. The quantitative estimate of drug-likeness (QED) is 0.298. The number of ether oxygens (including phenoxy) is 3. The maximum absolute atomic E-state index is 14.8. The Hall–Kier alpha value is -3.57. The first kappa shape index (κ1) is 29.9. The van der Waals surface area contributed by atoms with Gasteiger partial charge in [-0.2, -0.15) is 0 Å². The van der Waals surface area contributed by atoms with E-state index in [0.29, 0.717) is 41.1 Å². The lowest BCUT2D eigenvalue weighted by Crippen LogP contribution is -2.50. The molecule has 3 heterocycles. The van der Waals surface area contributed by atoms with Crippen LogP contribution in [0.15, 0.2) is 30.6 Å². The minimum Gasteiger partial charge on any atom is -0.486 e. The van der Waals surface area contributed by atoms with Crippen LogP contribution < -0.4 is 20.1 Å². The number of benzene rings is 2. The second kappa shape index (κ2) is 12.0. The fourth-order valence-electron chi connectivity index (χ4n) is 5.35. The number of amides is 2. The highest BCUT2D eigenvalue weighted by Gasteiger charge is 2.45. The molecule has 2 aliphatic heterocycles. The molecule has 2 aromatic carbocycles. The molecule has 42 heavy (non-hydrogen) atoms. The zero-order valence-electron chi connectivity index (χ0n) is 23.7. The lowest BCUT2D eigenvalue weighted by Gasteiger charge is -2.39. The molecular formula is C29H32Cl2FN5O5. The second-order valence-corrected chi connectivity index (χ2v) is 12.1. The number of halogens is 3. The predicted molar refractivity (Wildman–Crippen MR) is 157 cm³/mol. The van der Waals surface area contributed by atoms with Crippen LogP contribution in [-0.4, -0.2) is 64.3 Å².